The van der Waals surface area contributed by atoms with Crippen molar-refractivity contribution in [3.05, 3.63) is 46.2 Å². The molecule has 0 saturated carbocycles. The minimum absolute atomic E-state index is 0.148. The van der Waals surface area contributed by atoms with Gasteiger partial charge in [0, 0.05) is 22.2 Å². The lowest BCUT2D eigenvalue weighted by atomic mass is 10.0. The Morgan fingerprint density at radius 3 is 2.20 bits per heavy atom. The van der Waals surface area contributed by atoms with E-state index in [0.29, 0.717) is 11.3 Å². The minimum atomic E-state index is -0.148. The summed E-state index contributed by atoms with van der Waals surface area (Å²) in [7, 11) is 3.24. The van der Waals surface area contributed by atoms with E-state index in [1.54, 1.807) is 20.3 Å². The first-order valence-electron chi connectivity index (χ1n) is 6.33. The van der Waals surface area contributed by atoms with Gasteiger partial charge in [0.2, 0.25) is 5.56 Å². The van der Waals surface area contributed by atoms with Gasteiger partial charge in [-0.2, -0.15) is 0 Å². The highest BCUT2D eigenvalue weighted by Gasteiger charge is 2.17. The molecule has 0 fully saturated rings. The maximum Gasteiger partial charge on any atom is 0.248 e. The molecule has 20 heavy (non-hydrogen) atoms. The van der Waals surface area contributed by atoms with Crippen LogP contribution >= 0.6 is 0 Å². The van der Waals surface area contributed by atoms with E-state index >= 15 is 0 Å². The molecule has 4 nitrogen and oxygen atoms in total. The van der Waals surface area contributed by atoms with Crippen molar-refractivity contribution in [1.82, 2.24) is 4.98 Å². The second-order valence-corrected chi connectivity index (χ2v) is 4.68. The molecule has 4 heteroatoms. The topological polar surface area (TPSA) is 51.3 Å². The summed E-state index contributed by atoms with van der Waals surface area (Å²) in [5, 5.41) is 2.76. The average Bonchev–Trinajstić information content (AvgIpc) is 2.44. The summed E-state index contributed by atoms with van der Waals surface area (Å²) in [6.07, 6.45) is 0. The number of fused-ring (bicyclic) bond motifs is 2. The van der Waals surface area contributed by atoms with Crippen molar-refractivity contribution in [3.8, 4) is 11.5 Å². The zero-order chi connectivity index (χ0) is 14.3. The van der Waals surface area contributed by atoms with Crippen LogP contribution in [0, 0.1) is 6.92 Å². The molecule has 102 valence electrons. The summed E-state index contributed by atoms with van der Waals surface area (Å²) in [5.41, 5.74) is 1.39. The summed E-state index contributed by atoms with van der Waals surface area (Å²) >= 11 is 0. The normalized spacial score (nSPS) is 10.9. The van der Waals surface area contributed by atoms with Gasteiger partial charge >= 0.3 is 0 Å². The number of benzene rings is 2. The van der Waals surface area contributed by atoms with Crippen molar-refractivity contribution < 1.29 is 9.47 Å². The molecule has 3 rings (SSSR count). The van der Waals surface area contributed by atoms with Crippen LogP contribution in [0.1, 0.15) is 5.56 Å². The number of nitrogens with one attached hydrogen (secondary N) is 1. The number of aryl methyl sites for hydroxylation is 1. The Morgan fingerprint density at radius 1 is 1.00 bits per heavy atom. The Hall–Kier alpha value is -2.49. The SMILES string of the molecule is COc1c2ccccc2c(OC)c2c(C)cc(=O)[nH]c12. The van der Waals surface area contributed by atoms with Crippen LogP contribution in [-0.2, 0) is 0 Å². The summed E-state index contributed by atoms with van der Waals surface area (Å²) in [4.78, 5) is 14.6. The molecule has 1 N–H and O–H groups in total. The van der Waals surface area contributed by atoms with Gasteiger partial charge in [-0.3, -0.25) is 4.79 Å². The van der Waals surface area contributed by atoms with Gasteiger partial charge in [0.25, 0.3) is 0 Å². The van der Waals surface area contributed by atoms with E-state index in [0.717, 1.165) is 27.5 Å². The third-order valence-corrected chi connectivity index (χ3v) is 3.52. The summed E-state index contributed by atoms with van der Waals surface area (Å²) < 4.78 is 11.1. The second kappa shape index (κ2) is 4.56. The van der Waals surface area contributed by atoms with Gasteiger partial charge in [-0.25, -0.2) is 0 Å². The fourth-order valence-corrected chi connectivity index (χ4v) is 2.72. The molecule has 1 aromatic heterocycles. The molecule has 0 saturated heterocycles. The van der Waals surface area contributed by atoms with Crippen LogP contribution in [0.5, 0.6) is 11.5 Å². The number of methoxy groups -OCH3 is 2. The molecule has 3 aromatic rings. The molecule has 0 atom stereocenters. The van der Waals surface area contributed by atoms with Gasteiger partial charge in [0.15, 0.2) is 5.75 Å². The summed E-state index contributed by atoms with van der Waals surface area (Å²) in [6, 6.07) is 9.40. The van der Waals surface area contributed by atoms with Gasteiger partial charge in [0.05, 0.1) is 19.7 Å². The Kier molecular flexibility index (Phi) is 2.86. The van der Waals surface area contributed by atoms with Crippen molar-refractivity contribution in [2.24, 2.45) is 0 Å². The van der Waals surface area contributed by atoms with Gasteiger partial charge in [-0.15, -0.1) is 0 Å². The minimum Gasteiger partial charge on any atom is -0.495 e. The molecule has 2 aromatic carbocycles. The van der Waals surface area contributed by atoms with Crippen molar-refractivity contribution >= 4 is 21.7 Å². The molecule has 1 heterocycles. The molecule has 0 bridgehead atoms. The van der Waals surface area contributed by atoms with Crippen LogP contribution < -0.4 is 15.0 Å². The van der Waals surface area contributed by atoms with E-state index in [1.807, 2.05) is 31.2 Å². The Labute approximate surface area is 115 Å². The van der Waals surface area contributed by atoms with E-state index in [9.17, 15) is 4.79 Å². The average molecular weight is 269 g/mol. The lowest BCUT2D eigenvalue weighted by Crippen LogP contribution is -2.07. The van der Waals surface area contributed by atoms with Gasteiger partial charge in [-0.1, -0.05) is 24.3 Å². The maximum atomic E-state index is 11.8. The standard InChI is InChI=1S/C16H15NO3/c1-9-8-12(18)17-14-13(9)15(19-2)10-6-4-5-7-11(10)16(14)20-3/h4-8H,1-3H3,(H,17,18). The predicted molar refractivity (Wildman–Crippen MR) is 79.9 cm³/mol. The van der Waals surface area contributed by atoms with Crippen LogP contribution in [0.25, 0.3) is 21.7 Å². The van der Waals surface area contributed by atoms with Crippen molar-refractivity contribution in [3.63, 3.8) is 0 Å². The van der Waals surface area contributed by atoms with Crippen LogP contribution in [0.15, 0.2) is 35.1 Å². The van der Waals surface area contributed by atoms with Crippen molar-refractivity contribution in [2.45, 2.75) is 6.92 Å². The number of aromatic nitrogens is 1. The lowest BCUT2D eigenvalue weighted by Gasteiger charge is -2.15. The van der Waals surface area contributed by atoms with Crippen LogP contribution in [0.3, 0.4) is 0 Å². The van der Waals surface area contributed by atoms with Crippen molar-refractivity contribution in [1.29, 1.82) is 0 Å². The van der Waals surface area contributed by atoms with Gasteiger partial charge in [0.1, 0.15) is 5.75 Å². The lowest BCUT2D eigenvalue weighted by molar-refractivity contribution is 0.416. The first-order valence-corrected chi connectivity index (χ1v) is 6.33. The zero-order valence-corrected chi connectivity index (χ0v) is 11.6. The van der Waals surface area contributed by atoms with E-state index in [4.69, 9.17) is 9.47 Å². The van der Waals surface area contributed by atoms with Crippen LogP contribution in [-0.4, -0.2) is 19.2 Å². The number of aromatic amines is 1. The molecule has 0 spiro atoms. The van der Waals surface area contributed by atoms with Gasteiger partial charge in [-0.05, 0) is 12.5 Å². The number of ether oxygens (including phenoxy) is 2. The monoisotopic (exact) mass is 269 g/mol. The molecule has 0 aliphatic carbocycles. The molecule has 0 amide bonds. The molecular formula is C16H15NO3. The van der Waals surface area contributed by atoms with E-state index < -0.39 is 0 Å². The molecular weight excluding hydrogens is 254 g/mol. The van der Waals surface area contributed by atoms with Gasteiger partial charge < -0.3 is 14.5 Å². The summed E-state index contributed by atoms with van der Waals surface area (Å²) in [6.45, 7) is 1.90. The molecule has 0 aliphatic rings. The van der Waals surface area contributed by atoms with E-state index in [-0.39, 0.29) is 5.56 Å². The largest absolute Gasteiger partial charge is 0.495 e. The number of hydrogen-bond acceptors (Lipinski definition) is 3. The number of hydrogen-bond donors (Lipinski definition) is 1. The third-order valence-electron chi connectivity index (χ3n) is 3.52. The molecule has 0 aliphatic heterocycles. The second-order valence-electron chi connectivity index (χ2n) is 4.68. The fraction of sp³-hybridized carbons (Fsp3) is 0.188. The zero-order valence-electron chi connectivity index (χ0n) is 11.6. The molecule has 0 radical (unpaired) electrons. The predicted octanol–water partition coefficient (Wildman–Crippen LogP) is 3.01. The highest BCUT2D eigenvalue weighted by molar-refractivity contribution is 6.10. The molecule has 0 unspecified atom stereocenters. The highest BCUT2D eigenvalue weighted by Crippen LogP contribution is 2.42. The van der Waals surface area contributed by atoms with Crippen molar-refractivity contribution in [2.75, 3.05) is 14.2 Å². The Bertz CT molecular complexity index is 865. The third kappa shape index (κ3) is 1.65. The summed E-state index contributed by atoms with van der Waals surface area (Å²) in [5.74, 6) is 1.42. The fourth-order valence-electron chi connectivity index (χ4n) is 2.72. The van der Waals surface area contributed by atoms with E-state index in [1.165, 1.54) is 0 Å². The quantitative estimate of drug-likeness (QED) is 0.728. The maximum absolute atomic E-state index is 11.8. The number of pyridine rings is 1. The smallest absolute Gasteiger partial charge is 0.248 e. The van der Waals surface area contributed by atoms with Crippen LogP contribution in [0.4, 0.5) is 0 Å². The Morgan fingerprint density at radius 2 is 1.60 bits per heavy atom. The Balaban J connectivity index is 2.69. The van der Waals surface area contributed by atoms with E-state index in [2.05, 4.69) is 4.98 Å². The number of H-pyrrole nitrogens is 1. The van der Waals surface area contributed by atoms with Crippen LogP contribution in [0.2, 0.25) is 0 Å². The number of rotatable bonds is 2. The first-order chi connectivity index (χ1) is 9.67. The first kappa shape index (κ1) is 12.5. The highest BCUT2D eigenvalue weighted by atomic mass is 16.5.